The van der Waals surface area contributed by atoms with Gasteiger partial charge in [-0.15, -0.1) is 0 Å². The molecule has 0 heterocycles. The molecular weight excluding hydrogens is 136 g/mol. The Labute approximate surface area is 58.2 Å². The van der Waals surface area contributed by atoms with Gasteiger partial charge in [0.25, 0.3) is 0 Å². The van der Waals surface area contributed by atoms with E-state index in [2.05, 4.69) is 0 Å². The summed E-state index contributed by atoms with van der Waals surface area (Å²) in [5.74, 6) is -1.08. The van der Waals surface area contributed by atoms with Gasteiger partial charge in [-0.05, 0) is 13.0 Å². The largest absolute Gasteiger partial charge is 0.322 e. The lowest BCUT2D eigenvalue weighted by Crippen LogP contribution is -2.35. The van der Waals surface area contributed by atoms with Crippen LogP contribution in [0.15, 0.2) is 23.8 Å². The third-order valence-electron chi connectivity index (χ3n) is 1.31. The van der Waals surface area contributed by atoms with Crippen LogP contribution in [0.3, 0.4) is 0 Å². The highest BCUT2D eigenvalue weighted by atomic mass is 19.1. The summed E-state index contributed by atoms with van der Waals surface area (Å²) in [7, 11) is 0. The van der Waals surface area contributed by atoms with Crippen molar-refractivity contribution >= 4 is 0 Å². The third kappa shape index (κ3) is 1.64. The number of hydrogen-bond acceptors (Lipinski definition) is 1. The minimum absolute atomic E-state index is 0.0837. The predicted molar refractivity (Wildman–Crippen MR) is 35.6 cm³/mol. The third-order valence-corrected chi connectivity index (χ3v) is 1.31. The molecule has 0 aromatic rings. The van der Waals surface area contributed by atoms with E-state index in [1.165, 1.54) is 6.08 Å². The van der Waals surface area contributed by atoms with E-state index in [9.17, 15) is 8.78 Å². The van der Waals surface area contributed by atoms with Gasteiger partial charge < -0.3 is 5.73 Å². The van der Waals surface area contributed by atoms with E-state index in [1.54, 1.807) is 6.92 Å². The maximum absolute atomic E-state index is 12.4. The summed E-state index contributed by atoms with van der Waals surface area (Å²) >= 11 is 0. The van der Waals surface area contributed by atoms with E-state index in [4.69, 9.17) is 5.73 Å². The zero-order valence-corrected chi connectivity index (χ0v) is 5.70. The van der Waals surface area contributed by atoms with Crippen molar-refractivity contribution in [1.82, 2.24) is 0 Å². The Morgan fingerprint density at radius 1 is 1.60 bits per heavy atom. The molecule has 0 spiro atoms. The second kappa shape index (κ2) is 2.16. The molecule has 3 heteroatoms. The van der Waals surface area contributed by atoms with Crippen molar-refractivity contribution in [3.8, 4) is 0 Å². The summed E-state index contributed by atoms with van der Waals surface area (Å²) in [6, 6.07) is 0. The highest BCUT2D eigenvalue weighted by Crippen LogP contribution is 2.25. The molecule has 1 unspecified atom stereocenters. The summed E-state index contributed by atoms with van der Waals surface area (Å²) in [4.78, 5) is 0. The van der Waals surface area contributed by atoms with Crippen LogP contribution in [0.2, 0.25) is 0 Å². The van der Waals surface area contributed by atoms with Crippen LogP contribution >= 0.6 is 0 Å². The van der Waals surface area contributed by atoms with Crippen molar-refractivity contribution in [3.05, 3.63) is 23.8 Å². The molecule has 0 amide bonds. The van der Waals surface area contributed by atoms with E-state index >= 15 is 0 Å². The quantitative estimate of drug-likeness (QED) is 0.552. The van der Waals surface area contributed by atoms with Crippen molar-refractivity contribution < 1.29 is 8.78 Å². The Hall–Kier alpha value is -0.700. The number of nitrogens with two attached hydrogens (primary N) is 1. The highest BCUT2D eigenvalue weighted by Gasteiger charge is 2.22. The molecule has 1 nitrogen and oxygen atoms in total. The van der Waals surface area contributed by atoms with Crippen molar-refractivity contribution in [2.24, 2.45) is 5.73 Å². The first kappa shape index (κ1) is 7.41. The average molecular weight is 145 g/mol. The zero-order chi connectivity index (χ0) is 7.78. The summed E-state index contributed by atoms with van der Waals surface area (Å²) in [5.41, 5.74) is 4.60. The van der Waals surface area contributed by atoms with Crippen LogP contribution < -0.4 is 5.73 Å². The van der Waals surface area contributed by atoms with Gasteiger partial charge in [0.1, 0.15) is 11.7 Å². The standard InChI is InChI=1S/C7H9F2N/c1-7(10)3-5(8)2-6(9)4-7/h2-3H,4,10H2,1H3. The topological polar surface area (TPSA) is 26.0 Å². The Balaban J connectivity index is 2.88. The Morgan fingerprint density at radius 2 is 2.20 bits per heavy atom. The summed E-state index contributed by atoms with van der Waals surface area (Å²) < 4.78 is 24.8. The van der Waals surface area contributed by atoms with Gasteiger partial charge >= 0.3 is 0 Å². The van der Waals surface area contributed by atoms with Crippen LogP contribution in [0, 0.1) is 0 Å². The molecule has 0 radical (unpaired) electrons. The van der Waals surface area contributed by atoms with Crippen LogP contribution in [-0.2, 0) is 0 Å². The first-order valence-electron chi connectivity index (χ1n) is 3.03. The van der Waals surface area contributed by atoms with Crippen molar-refractivity contribution in [2.75, 3.05) is 0 Å². The number of rotatable bonds is 0. The molecule has 10 heavy (non-hydrogen) atoms. The molecule has 0 aromatic carbocycles. The van der Waals surface area contributed by atoms with Gasteiger partial charge in [-0.3, -0.25) is 0 Å². The second-order valence-electron chi connectivity index (χ2n) is 2.80. The van der Waals surface area contributed by atoms with Gasteiger partial charge in [-0.1, -0.05) is 0 Å². The Kier molecular flexibility index (Phi) is 1.60. The number of allylic oxidation sites excluding steroid dienone is 2. The van der Waals surface area contributed by atoms with Gasteiger partial charge in [-0.25, -0.2) is 8.78 Å². The molecule has 1 aliphatic carbocycles. The molecule has 1 aliphatic rings. The van der Waals surface area contributed by atoms with Crippen molar-refractivity contribution in [1.29, 1.82) is 0 Å². The van der Waals surface area contributed by atoms with Crippen LogP contribution in [0.4, 0.5) is 8.78 Å². The van der Waals surface area contributed by atoms with Gasteiger partial charge in [-0.2, -0.15) is 0 Å². The number of halogens is 2. The fraction of sp³-hybridized carbons (Fsp3) is 0.429. The van der Waals surface area contributed by atoms with E-state index in [0.717, 1.165) is 6.08 Å². The van der Waals surface area contributed by atoms with Crippen LogP contribution in [0.1, 0.15) is 13.3 Å². The molecule has 0 aliphatic heterocycles. The first-order valence-corrected chi connectivity index (χ1v) is 3.03. The normalized spacial score (nSPS) is 33.2. The van der Waals surface area contributed by atoms with Crippen LogP contribution in [0.25, 0.3) is 0 Å². The SMILES string of the molecule is CC1(N)C=C(F)C=C(F)C1. The lowest BCUT2D eigenvalue weighted by atomic mass is 9.94. The molecular formula is C7H9F2N. The second-order valence-corrected chi connectivity index (χ2v) is 2.80. The molecule has 0 fully saturated rings. The van der Waals surface area contributed by atoms with Crippen LogP contribution in [0.5, 0.6) is 0 Å². The molecule has 1 atom stereocenters. The summed E-state index contributed by atoms with van der Waals surface area (Å²) in [6.07, 6.45) is 2.16. The average Bonchev–Trinajstić information content (AvgIpc) is 1.54. The maximum atomic E-state index is 12.4. The highest BCUT2D eigenvalue weighted by molar-refractivity contribution is 5.26. The Bertz CT molecular complexity index is 204. The molecule has 56 valence electrons. The molecule has 0 saturated heterocycles. The molecule has 1 rings (SSSR count). The monoisotopic (exact) mass is 145 g/mol. The van der Waals surface area contributed by atoms with Crippen molar-refractivity contribution in [3.63, 3.8) is 0 Å². The Morgan fingerprint density at radius 3 is 2.60 bits per heavy atom. The maximum Gasteiger partial charge on any atom is 0.123 e. The molecule has 0 aromatic heterocycles. The van der Waals surface area contributed by atoms with E-state index in [-0.39, 0.29) is 6.42 Å². The van der Waals surface area contributed by atoms with Gasteiger partial charge in [0.15, 0.2) is 0 Å². The molecule has 2 N–H and O–H groups in total. The zero-order valence-electron chi connectivity index (χ0n) is 5.70. The van der Waals surface area contributed by atoms with Crippen molar-refractivity contribution in [2.45, 2.75) is 18.9 Å². The number of hydrogen-bond donors (Lipinski definition) is 1. The van der Waals surface area contributed by atoms with E-state index < -0.39 is 17.2 Å². The molecule has 0 bridgehead atoms. The summed E-state index contributed by atoms with van der Waals surface area (Å²) in [5, 5.41) is 0. The van der Waals surface area contributed by atoms with Gasteiger partial charge in [0.2, 0.25) is 0 Å². The first-order chi connectivity index (χ1) is 4.49. The van der Waals surface area contributed by atoms with E-state index in [0.29, 0.717) is 0 Å². The lowest BCUT2D eigenvalue weighted by molar-refractivity contribution is 0.460. The predicted octanol–water partition coefficient (Wildman–Crippen LogP) is 1.81. The lowest BCUT2D eigenvalue weighted by Gasteiger charge is -2.21. The summed E-state index contributed by atoms with van der Waals surface area (Å²) in [6.45, 7) is 1.58. The van der Waals surface area contributed by atoms with E-state index in [1.807, 2.05) is 0 Å². The fourth-order valence-electron chi connectivity index (χ4n) is 0.972. The minimum Gasteiger partial charge on any atom is -0.322 e. The smallest absolute Gasteiger partial charge is 0.123 e. The minimum atomic E-state index is -0.858. The van der Waals surface area contributed by atoms with Crippen LogP contribution in [-0.4, -0.2) is 5.54 Å². The molecule has 0 saturated carbocycles. The fourth-order valence-corrected chi connectivity index (χ4v) is 0.972. The van der Waals surface area contributed by atoms with Gasteiger partial charge in [0.05, 0.1) is 0 Å². The van der Waals surface area contributed by atoms with Gasteiger partial charge in [0, 0.05) is 18.0 Å².